The molecule has 25 heavy (non-hydrogen) atoms. The zero-order valence-electron chi connectivity index (χ0n) is 17.0. The Morgan fingerprint density at radius 3 is 2.00 bits per heavy atom. The minimum absolute atomic E-state index is 0.604. The lowest BCUT2D eigenvalue weighted by Crippen LogP contribution is -3.13. The molecule has 0 aromatic carbocycles. The third-order valence-electron chi connectivity index (χ3n) is 5.07. The van der Waals surface area contributed by atoms with Gasteiger partial charge in [0.15, 0.2) is 0 Å². The van der Waals surface area contributed by atoms with Gasteiger partial charge < -0.3 is 9.45 Å². The highest BCUT2D eigenvalue weighted by Gasteiger charge is 2.21. The molecule has 1 aliphatic heterocycles. The molecule has 1 rings (SSSR count). The molecule has 5 heteroatoms. The monoisotopic (exact) mass is 377 g/mol. The summed E-state index contributed by atoms with van der Waals surface area (Å²) in [6, 6.07) is 0. The first-order chi connectivity index (χ1) is 11.9. The minimum Gasteiger partial charge on any atom is -0.748 e. The van der Waals surface area contributed by atoms with Crippen molar-refractivity contribution in [3.8, 4) is 0 Å². The Balaban J connectivity index is 0.00000101. The van der Waals surface area contributed by atoms with Gasteiger partial charge in [0.2, 0.25) is 0 Å². The standard InChI is InChI=1S/C19H39N.CH4O3S/c1-3-5-7-8-9-10-11-12-16-20-17-13-15-19(18-20)14-6-4-2;1-5(2,3)4/h19H,3-18H2,1-2H3;1H3,(H,2,3,4). The Morgan fingerprint density at radius 2 is 1.44 bits per heavy atom. The Hall–Kier alpha value is -0.130. The van der Waals surface area contributed by atoms with E-state index in [0.717, 1.165) is 5.92 Å². The van der Waals surface area contributed by atoms with Crippen molar-refractivity contribution in [2.45, 2.75) is 97.3 Å². The van der Waals surface area contributed by atoms with Crippen LogP contribution in [-0.2, 0) is 10.1 Å². The molecular weight excluding hydrogens is 334 g/mol. The molecule has 0 saturated carbocycles. The number of quaternary nitrogens is 1. The SMILES string of the molecule is CCCCCCCCCC[NH+]1CCCC(CCCC)C1.CS(=O)(=O)[O-]. The first-order valence-electron chi connectivity index (χ1n) is 10.6. The maximum atomic E-state index is 9.08. The first-order valence-corrected chi connectivity index (χ1v) is 12.4. The molecule has 0 aliphatic carbocycles. The Kier molecular flexibility index (Phi) is 16.0. The Labute approximate surface area is 157 Å². The number of hydrogen-bond donors (Lipinski definition) is 1. The van der Waals surface area contributed by atoms with Crippen molar-refractivity contribution in [2.75, 3.05) is 25.9 Å². The number of piperidine rings is 1. The van der Waals surface area contributed by atoms with Crippen LogP contribution < -0.4 is 4.90 Å². The van der Waals surface area contributed by atoms with Crippen molar-refractivity contribution in [3.05, 3.63) is 0 Å². The van der Waals surface area contributed by atoms with Crippen LogP contribution in [0.1, 0.15) is 97.3 Å². The van der Waals surface area contributed by atoms with E-state index in [1.165, 1.54) is 103 Å². The van der Waals surface area contributed by atoms with Gasteiger partial charge in [-0.3, -0.25) is 0 Å². The van der Waals surface area contributed by atoms with Crippen molar-refractivity contribution in [1.82, 2.24) is 0 Å². The topological polar surface area (TPSA) is 61.6 Å². The van der Waals surface area contributed by atoms with Crippen LogP contribution in [0.5, 0.6) is 0 Å². The molecule has 1 N–H and O–H groups in total. The molecule has 1 saturated heterocycles. The maximum Gasteiger partial charge on any atom is 0.0916 e. The Morgan fingerprint density at radius 1 is 0.920 bits per heavy atom. The lowest BCUT2D eigenvalue weighted by Gasteiger charge is -2.30. The lowest BCUT2D eigenvalue weighted by atomic mass is 9.92. The van der Waals surface area contributed by atoms with E-state index in [0.29, 0.717) is 6.26 Å². The summed E-state index contributed by atoms with van der Waals surface area (Å²) in [5.41, 5.74) is 0. The highest BCUT2D eigenvalue weighted by molar-refractivity contribution is 7.84. The van der Waals surface area contributed by atoms with Crippen LogP contribution in [0.4, 0.5) is 0 Å². The van der Waals surface area contributed by atoms with Gasteiger partial charge in [-0.2, -0.15) is 0 Å². The van der Waals surface area contributed by atoms with Gasteiger partial charge in [-0.25, -0.2) is 8.42 Å². The van der Waals surface area contributed by atoms with E-state index in [9.17, 15) is 0 Å². The molecule has 152 valence electrons. The second-order valence-corrected chi connectivity index (χ2v) is 9.19. The van der Waals surface area contributed by atoms with E-state index < -0.39 is 10.1 Å². The number of nitrogens with one attached hydrogen (secondary N) is 1. The van der Waals surface area contributed by atoms with Gasteiger partial charge in [0.05, 0.1) is 29.8 Å². The van der Waals surface area contributed by atoms with E-state index >= 15 is 0 Å². The lowest BCUT2D eigenvalue weighted by molar-refractivity contribution is -0.909. The zero-order chi connectivity index (χ0) is 19.0. The van der Waals surface area contributed by atoms with Crippen LogP contribution in [0.25, 0.3) is 0 Å². The Bertz CT molecular complexity index is 376. The molecular formula is C20H43NO3S. The van der Waals surface area contributed by atoms with E-state index in [4.69, 9.17) is 13.0 Å². The van der Waals surface area contributed by atoms with Gasteiger partial charge in [-0.05, 0) is 32.1 Å². The van der Waals surface area contributed by atoms with Crippen molar-refractivity contribution in [3.63, 3.8) is 0 Å². The summed E-state index contributed by atoms with van der Waals surface area (Å²) in [7, 11) is -3.92. The predicted molar refractivity (Wildman–Crippen MR) is 106 cm³/mol. The van der Waals surface area contributed by atoms with Gasteiger partial charge >= 0.3 is 0 Å². The van der Waals surface area contributed by atoms with Crippen molar-refractivity contribution in [1.29, 1.82) is 0 Å². The minimum atomic E-state index is -3.92. The molecule has 0 bridgehead atoms. The van der Waals surface area contributed by atoms with Crippen LogP contribution in [0.3, 0.4) is 0 Å². The molecule has 0 aromatic rings. The molecule has 0 spiro atoms. The summed E-state index contributed by atoms with van der Waals surface area (Å²) in [4.78, 5) is 1.92. The summed E-state index contributed by atoms with van der Waals surface area (Å²) in [5.74, 6) is 1.05. The quantitative estimate of drug-likeness (QED) is 0.416. The highest BCUT2D eigenvalue weighted by atomic mass is 32.2. The number of likely N-dealkylation sites (tertiary alicyclic amines) is 1. The summed E-state index contributed by atoms with van der Waals surface area (Å²) >= 11 is 0. The van der Waals surface area contributed by atoms with Gasteiger partial charge in [0.25, 0.3) is 0 Å². The van der Waals surface area contributed by atoms with Crippen LogP contribution >= 0.6 is 0 Å². The van der Waals surface area contributed by atoms with Crippen LogP contribution in [0, 0.1) is 5.92 Å². The summed E-state index contributed by atoms with van der Waals surface area (Å²) in [6.07, 6.45) is 19.6. The zero-order valence-corrected chi connectivity index (χ0v) is 17.8. The fourth-order valence-electron chi connectivity index (χ4n) is 3.73. The van der Waals surface area contributed by atoms with Gasteiger partial charge in [-0.1, -0.05) is 65.2 Å². The summed E-state index contributed by atoms with van der Waals surface area (Å²) in [5, 5.41) is 0. The fourth-order valence-corrected chi connectivity index (χ4v) is 3.73. The second-order valence-electron chi connectivity index (χ2n) is 7.78. The average Bonchev–Trinajstić information content (AvgIpc) is 2.54. The predicted octanol–water partition coefficient (Wildman–Crippen LogP) is 3.77. The molecule has 4 nitrogen and oxygen atoms in total. The smallest absolute Gasteiger partial charge is 0.0916 e. The van der Waals surface area contributed by atoms with E-state index in [1.54, 1.807) is 0 Å². The molecule has 1 fully saturated rings. The molecule has 2 atom stereocenters. The largest absolute Gasteiger partial charge is 0.748 e. The van der Waals surface area contributed by atoms with Crippen LogP contribution in [-0.4, -0.2) is 38.9 Å². The molecule has 0 aromatic heterocycles. The molecule has 0 amide bonds. The number of unbranched alkanes of at least 4 members (excludes halogenated alkanes) is 8. The summed E-state index contributed by atoms with van der Waals surface area (Å²) in [6.45, 7) is 9.02. The summed E-state index contributed by atoms with van der Waals surface area (Å²) < 4.78 is 27.2. The van der Waals surface area contributed by atoms with E-state index in [-0.39, 0.29) is 0 Å². The van der Waals surface area contributed by atoms with Crippen LogP contribution in [0.2, 0.25) is 0 Å². The van der Waals surface area contributed by atoms with Crippen molar-refractivity contribution < 1.29 is 17.9 Å². The van der Waals surface area contributed by atoms with Crippen molar-refractivity contribution >= 4 is 10.1 Å². The highest BCUT2D eigenvalue weighted by Crippen LogP contribution is 2.15. The molecule has 1 aliphatic rings. The molecule has 0 radical (unpaired) electrons. The van der Waals surface area contributed by atoms with Crippen LogP contribution in [0.15, 0.2) is 0 Å². The normalized spacial score (nSPS) is 20.8. The molecule has 2 unspecified atom stereocenters. The second kappa shape index (κ2) is 16.1. The number of rotatable bonds is 12. The van der Waals surface area contributed by atoms with Crippen molar-refractivity contribution in [2.24, 2.45) is 5.92 Å². The van der Waals surface area contributed by atoms with Gasteiger partial charge in [0, 0.05) is 12.2 Å². The van der Waals surface area contributed by atoms with Gasteiger partial charge in [-0.15, -0.1) is 0 Å². The maximum absolute atomic E-state index is 9.08. The first kappa shape index (κ1) is 24.9. The number of hydrogen-bond acceptors (Lipinski definition) is 3. The van der Waals surface area contributed by atoms with Gasteiger partial charge in [0.1, 0.15) is 0 Å². The molecule has 1 heterocycles. The average molecular weight is 378 g/mol. The van der Waals surface area contributed by atoms with E-state index in [1.807, 2.05) is 4.90 Å². The van der Waals surface area contributed by atoms with E-state index in [2.05, 4.69) is 13.8 Å². The third kappa shape index (κ3) is 20.0. The third-order valence-corrected chi connectivity index (χ3v) is 5.07. The fraction of sp³-hybridized carbons (Fsp3) is 1.00.